The molecule has 0 spiro atoms. The van der Waals surface area contributed by atoms with E-state index in [0.717, 1.165) is 19.3 Å². The first kappa shape index (κ1) is 13.2. The monoisotopic (exact) mass is 249 g/mol. The molecule has 0 aromatic carbocycles. The molecule has 2 aliphatic rings. The van der Waals surface area contributed by atoms with Gasteiger partial charge in [0.15, 0.2) is 0 Å². The first-order chi connectivity index (χ1) is 7.84. The van der Waals surface area contributed by atoms with Crippen LogP contribution in [0.1, 0.15) is 52.4 Å². The molecule has 2 unspecified atom stereocenters. The zero-order valence-electron chi connectivity index (χ0n) is 10.6. The van der Waals surface area contributed by atoms with E-state index in [1.807, 2.05) is 0 Å². The zero-order chi connectivity index (χ0) is 12.7. The lowest BCUT2D eigenvalue weighted by molar-refractivity contribution is -0.168. The van der Waals surface area contributed by atoms with Gasteiger partial charge in [-0.05, 0) is 37.5 Å². The molecule has 0 aromatic rings. The molecule has 100 valence electrons. The van der Waals surface area contributed by atoms with Gasteiger partial charge >= 0.3 is 6.18 Å². The van der Waals surface area contributed by atoms with Crippen molar-refractivity contribution < 1.29 is 13.2 Å². The normalized spacial score (nSPS) is 32.8. The lowest BCUT2D eigenvalue weighted by atomic mass is 9.79. The van der Waals surface area contributed by atoms with Crippen molar-refractivity contribution in [3.63, 3.8) is 0 Å². The number of alkyl halides is 3. The largest absolute Gasteiger partial charge is 0.406 e. The van der Waals surface area contributed by atoms with Crippen LogP contribution in [0.4, 0.5) is 13.2 Å². The average Bonchev–Trinajstić information content (AvgIpc) is 2.98. The fourth-order valence-corrected chi connectivity index (χ4v) is 2.99. The molecule has 4 heteroatoms. The van der Waals surface area contributed by atoms with Crippen molar-refractivity contribution in [2.75, 3.05) is 0 Å². The van der Waals surface area contributed by atoms with Crippen molar-refractivity contribution in [2.24, 2.45) is 11.8 Å². The van der Waals surface area contributed by atoms with Crippen molar-refractivity contribution in [2.45, 2.75) is 70.1 Å². The van der Waals surface area contributed by atoms with Crippen LogP contribution in [0.15, 0.2) is 0 Å². The average molecular weight is 249 g/mol. The molecule has 1 nitrogen and oxygen atoms in total. The second-order valence-electron chi connectivity index (χ2n) is 6.09. The third-order valence-electron chi connectivity index (χ3n) is 4.43. The summed E-state index contributed by atoms with van der Waals surface area (Å²) in [6, 6.07) is 0.0697. The molecule has 0 amide bonds. The van der Waals surface area contributed by atoms with E-state index in [9.17, 15) is 13.2 Å². The van der Waals surface area contributed by atoms with Crippen molar-refractivity contribution in [1.82, 2.24) is 5.32 Å². The van der Waals surface area contributed by atoms with Gasteiger partial charge in [-0.2, -0.15) is 13.2 Å². The molecule has 0 aromatic heterocycles. The minimum absolute atomic E-state index is 0.0697. The van der Waals surface area contributed by atoms with Gasteiger partial charge in [0.05, 0.1) is 0 Å². The molecular formula is C13H22F3N. The highest BCUT2D eigenvalue weighted by molar-refractivity contribution is 5.09. The third-order valence-corrected chi connectivity index (χ3v) is 4.43. The van der Waals surface area contributed by atoms with E-state index in [0.29, 0.717) is 11.8 Å². The van der Waals surface area contributed by atoms with E-state index in [1.54, 1.807) is 0 Å². The van der Waals surface area contributed by atoms with Crippen LogP contribution >= 0.6 is 0 Å². The van der Waals surface area contributed by atoms with Gasteiger partial charge in [0.2, 0.25) is 0 Å². The molecule has 2 saturated carbocycles. The minimum Gasteiger partial charge on any atom is -0.301 e. The molecule has 2 rings (SSSR count). The van der Waals surface area contributed by atoms with Crippen molar-refractivity contribution >= 4 is 0 Å². The first-order valence-electron chi connectivity index (χ1n) is 6.68. The summed E-state index contributed by atoms with van der Waals surface area (Å²) in [7, 11) is 0. The SMILES string of the molecule is CC(C)C1CCCC(NC2(C(F)(F)F)CC2)C1. The van der Waals surface area contributed by atoms with Crippen LogP contribution in [0.3, 0.4) is 0 Å². The number of nitrogens with one attached hydrogen (secondary N) is 1. The number of halogens is 3. The van der Waals surface area contributed by atoms with Crippen LogP contribution < -0.4 is 5.32 Å². The Labute approximate surface area is 101 Å². The van der Waals surface area contributed by atoms with Gasteiger partial charge in [-0.25, -0.2) is 0 Å². The van der Waals surface area contributed by atoms with E-state index in [1.165, 1.54) is 6.42 Å². The predicted octanol–water partition coefficient (Wildman–Crippen LogP) is 3.89. The maximum absolute atomic E-state index is 12.8. The van der Waals surface area contributed by atoms with E-state index >= 15 is 0 Å². The van der Waals surface area contributed by atoms with Gasteiger partial charge < -0.3 is 5.32 Å². The summed E-state index contributed by atoms with van der Waals surface area (Å²) in [4.78, 5) is 0. The van der Waals surface area contributed by atoms with Gasteiger partial charge in [0, 0.05) is 6.04 Å². The molecule has 2 atom stereocenters. The van der Waals surface area contributed by atoms with Gasteiger partial charge in [-0.15, -0.1) is 0 Å². The summed E-state index contributed by atoms with van der Waals surface area (Å²) in [5.41, 5.74) is -1.53. The van der Waals surface area contributed by atoms with Crippen LogP contribution in [0.25, 0.3) is 0 Å². The fourth-order valence-electron chi connectivity index (χ4n) is 2.99. The van der Waals surface area contributed by atoms with Crippen LogP contribution in [0.2, 0.25) is 0 Å². The molecule has 0 saturated heterocycles. The molecule has 1 N–H and O–H groups in total. The van der Waals surface area contributed by atoms with E-state index in [-0.39, 0.29) is 18.9 Å². The van der Waals surface area contributed by atoms with Crippen molar-refractivity contribution in [3.8, 4) is 0 Å². The molecule has 0 heterocycles. The number of hydrogen-bond donors (Lipinski definition) is 1. The second kappa shape index (κ2) is 4.45. The number of rotatable bonds is 3. The Bertz CT molecular complexity index is 268. The van der Waals surface area contributed by atoms with Crippen LogP contribution in [-0.4, -0.2) is 17.8 Å². The summed E-state index contributed by atoms with van der Waals surface area (Å²) in [6.07, 6.45) is 0.510. The third kappa shape index (κ3) is 2.78. The van der Waals surface area contributed by atoms with Gasteiger partial charge in [-0.3, -0.25) is 0 Å². The topological polar surface area (TPSA) is 12.0 Å². The quantitative estimate of drug-likeness (QED) is 0.800. The summed E-state index contributed by atoms with van der Waals surface area (Å²) >= 11 is 0. The number of hydrogen-bond acceptors (Lipinski definition) is 1. The molecule has 2 fully saturated rings. The lowest BCUT2D eigenvalue weighted by Gasteiger charge is -2.35. The smallest absolute Gasteiger partial charge is 0.301 e. The second-order valence-corrected chi connectivity index (χ2v) is 6.09. The highest BCUT2D eigenvalue weighted by Crippen LogP contribution is 2.50. The maximum atomic E-state index is 12.8. The standard InChI is InChI=1S/C13H22F3N/c1-9(2)10-4-3-5-11(8-10)17-12(6-7-12)13(14,15)16/h9-11,17H,3-8H2,1-2H3. The van der Waals surface area contributed by atoms with E-state index in [4.69, 9.17) is 0 Å². The Hall–Kier alpha value is -0.250. The summed E-state index contributed by atoms with van der Waals surface area (Å²) in [5, 5.41) is 2.91. The van der Waals surface area contributed by atoms with Crippen molar-refractivity contribution in [3.05, 3.63) is 0 Å². The Morgan fingerprint density at radius 3 is 2.29 bits per heavy atom. The fraction of sp³-hybridized carbons (Fsp3) is 1.00. The molecule has 0 radical (unpaired) electrons. The Morgan fingerprint density at radius 1 is 1.18 bits per heavy atom. The van der Waals surface area contributed by atoms with Crippen molar-refractivity contribution in [1.29, 1.82) is 0 Å². The lowest BCUT2D eigenvalue weighted by Crippen LogP contribution is -2.51. The van der Waals surface area contributed by atoms with E-state index < -0.39 is 11.7 Å². The molecule has 0 aliphatic heterocycles. The first-order valence-corrected chi connectivity index (χ1v) is 6.68. The van der Waals surface area contributed by atoms with Crippen LogP contribution in [0, 0.1) is 11.8 Å². The zero-order valence-corrected chi connectivity index (χ0v) is 10.6. The molecule has 2 aliphatic carbocycles. The predicted molar refractivity (Wildman–Crippen MR) is 61.7 cm³/mol. The minimum atomic E-state index is -4.07. The van der Waals surface area contributed by atoms with E-state index in [2.05, 4.69) is 19.2 Å². The molecule has 0 bridgehead atoms. The Balaban J connectivity index is 1.91. The summed E-state index contributed by atoms with van der Waals surface area (Å²) in [6.45, 7) is 4.34. The summed E-state index contributed by atoms with van der Waals surface area (Å²) < 4.78 is 38.5. The van der Waals surface area contributed by atoms with Crippen LogP contribution in [-0.2, 0) is 0 Å². The molecule has 17 heavy (non-hydrogen) atoms. The van der Waals surface area contributed by atoms with Gasteiger partial charge in [0.25, 0.3) is 0 Å². The maximum Gasteiger partial charge on any atom is 0.406 e. The van der Waals surface area contributed by atoms with Crippen LogP contribution in [0.5, 0.6) is 0 Å². The van der Waals surface area contributed by atoms with Gasteiger partial charge in [0.1, 0.15) is 5.54 Å². The molecular weight excluding hydrogens is 227 g/mol. The summed E-state index contributed by atoms with van der Waals surface area (Å²) in [5.74, 6) is 1.17. The Morgan fingerprint density at radius 2 is 1.82 bits per heavy atom. The highest BCUT2D eigenvalue weighted by atomic mass is 19.4. The highest BCUT2D eigenvalue weighted by Gasteiger charge is 2.63. The van der Waals surface area contributed by atoms with Gasteiger partial charge in [-0.1, -0.05) is 26.7 Å². The Kier molecular flexibility index (Phi) is 3.45.